The van der Waals surface area contributed by atoms with Crippen molar-refractivity contribution in [3.63, 3.8) is 0 Å². The van der Waals surface area contributed by atoms with Crippen molar-refractivity contribution in [1.82, 2.24) is 14.8 Å². The molecule has 1 unspecified atom stereocenters. The van der Waals surface area contributed by atoms with E-state index in [1.807, 2.05) is 36.6 Å². The van der Waals surface area contributed by atoms with Crippen molar-refractivity contribution in [2.75, 3.05) is 23.9 Å². The van der Waals surface area contributed by atoms with Crippen LogP contribution in [-0.4, -0.2) is 47.7 Å². The molecule has 1 aromatic carbocycles. The maximum atomic E-state index is 13.5. The lowest BCUT2D eigenvalue weighted by atomic mass is 10.1. The first-order chi connectivity index (χ1) is 15.9. The summed E-state index contributed by atoms with van der Waals surface area (Å²) in [5.41, 5.74) is 2.78. The Balaban J connectivity index is 1.67. The summed E-state index contributed by atoms with van der Waals surface area (Å²) in [5.74, 6) is 0.394. The molecule has 3 aromatic heterocycles. The molecule has 5 rings (SSSR count). The van der Waals surface area contributed by atoms with Crippen LogP contribution >= 0.6 is 11.3 Å². The van der Waals surface area contributed by atoms with E-state index in [-0.39, 0.29) is 23.5 Å². The first-order valence-electron chi connectivity index (χ1n) is 10.4. The summed E-state index contributed by atoms with van der Waals surface area (Å²) in [7, 11) is -1.56. The number of nitrogens with one attached hydrogen (secondary N) is 1. The Bertz CT molecular complexity index is 1460. The van der Waals surface area contributed by atoms with Crippen molar-refractivity contribution in [3.8, 4) is 16.3 Å². The quantitative estimate of drug-likeness (QED) is 0.460. The highest BCUT2D eigenvalue weighted by atomic mass is 32.2. The molecule has 33 heavy (non-hydrogen) atoms. The molecule has 0 saturated carbocycles. The Morgan fingerprint density at radius 2 is 2.06 bits per heavy atom. The topological polar surface area (TPSA) is 103 Å². The van der Waals surface area contributed by atoms with E-state index in [0.717, 1.165) is 4.88 Å². The lowest BCUT2D eigenvalue weighted by molar-refractivity contribution is 0.102. The molecule has 170 valence electrons. The van der Waals surface area contributed by atoms with Gasteiger partial charge in [0.15, 0.2) is 15.5 Å². The van der Waals surface area contributed by atoms with E-state index in [1.54, 1.807) is 30.0 Å². The van der Waals surface area contributed by atoms with Crippen LogP contribution in [0.2, 0.25) is 0 Å². The van der Waals surface area contributed by atoms with Crippen LogP contribution in [0.1, 0.15) is 28.5 Å². The zero-order valence-corrected chi connectivity index (χ0v) is 19.7. The van der Waals surface area contributed by atoms with E-state index in [0.29, 0.717) is 45.8 Å². The van der Waals surface area contributed by atoms with Crippen molar-refractivity contribution < 1.29 is 17.9 Å². The minimum atomic E-state index is -3.11. The molecule has 0 spiro atoms. The van der Waals surface area contributed by atoms with Gasteiger partial charge in [-0.3, -0.25) is 4.79 Å². The number of aryl methyl sites for hydroxylation is 1. The highest BCUT2D eigenvalue weighted by Crippen LogP contribution is 2.34. The second-order valence-corrected chi connectivity index (χ2v) is 11.1. The number of thiophene rings is 1. The lowest BCUT2D eigenvalue weighted by Gasteiger charge is -2.13. The standard InChI is InChI=1S/C23H22N4O4S2/c1-14-21-16(23(28)25-17-6-3-4-7-19(17)31-2)12-18(20-8-5-10-32-20)24-22(21)27(26-14)15-9-11-33(29,30)13-15/h3-8,10,12,15H,9,11,13H2,1-2H3,(H,25,28). The van der Waals surface area contributed by atoms with Gasteiger partial charge < -0.3 is 10.1 Å². The number of hydrogen-bond donors (Lipinski definition) is 1. The van der Waals surface area contributed by atoms with Gasteiger partial charge >= 0.3 is 0 Å². The number of hydrogen-bond acceptors (Lipinski definition) is 7. The van der Waals surface area contributed by atoms with Gasteiger partial charge in [-0.25, -0.2) is 18.1 Å². The van der Waals surface area contributed by atoms with Gasteiger partial charge in [-0.15, -0.1) is 11.3 Å². The van der Waals surface area contributed by atoms with E-state index in [4.69, 9.17) is 9.72 Å². The van der Waals surface area contributed by atoms with Crippen LogP contribution in [0.4, 0.5) is 5.69 Å². The number of ether oxygens (including phenoxy) is 1. The number of benzene rings is 1. The van der Waals surface area contributed by atoms with Gasteiger partial charge in [-0.1, -0.05) is 18.2 Å². The largest absolute Gasteiger partial charge is 0.495 e. The monoisotopic (exact) mass is 482 g/mol. The number of aromatic nitrogens is 3. The number of para-hydroxylation sites is 2. The molecule has 1 atom stereocenters. The first kappa shape index (κ1) is 21.6. The smallest absolute Gasteiger partial charge is 0.256 e. The summed E-state index contributed by atoms with van der Waals surface area (Å²) in [5, 5.41) is 10.1. The summed E-state index contributed by atoms with van der Waals surface area (Å²) in [6.07, 6.45) is 0.478. The van der Waals surface area contributed by atoms with Gasteiger partial charge in [-0.2, -0.15) is 5.10 Å². The van der Waals surface area contributed by atoms with E-state index >= 15 is 0 Å². The molecular formula is C23H22N4O4S2. The summed E-state index contributed by atoms with van der Waals surface area (Å²) in [6.45, 7) is 1.81. The fourth-order valence-electron chi connectivity index (χ4n) is 4.20. The maximum absolute atomic E-state index is 13.5. The highest BCUT2D eigenvalue weighted by molar-refractivity contribution is 7.91. The van der Waals surface area contributed by atoms with Gasteiger partial charge in [0.25, 0.3) is 5.91 Å². The second kappa shape index (κ2) is 8.27. The van der Waals surface area contributed by atoms with Gasteiger partial charge in [0.2, 0.25) is 0 Å². The van der Waals surface area contributed by atoms with Gasteiger partial charge in [0, 0.05) is 0 Å². The third-order valence-corrected chi connectivity index (χ3v) is 8.41. The van der Waals surface area contributed by atoms with Crippen molar-refractivity contribution in [2.45, 2.75) is 19.4 Å². The summed E-state index contributed by atoms with van der Waals surface area (Å²) in [6, 6.07) is 12.5. The number of anilines is 1. The highest BCUT2D eigenvalue weighted by Gasteiger charge is 2.32. The van der Waals surface area contributed by atoms with Gasteiger partial charge in [0.1, 0.15) is 5.75 Å². The molecule has 1 amide bonds. The van der Waals surface area contributed by atoms with Crippen molar-refractivity contribution in [3.05, 3.63) is 59.1 Å². The Morgan fingerprint density at radius 3 is 2.76 bits per heavy atom. The number of carbonyl (C=O) groups excluding carboxylic acids is 1. The minimum absolute atomic E-state index is 0.0247. The normalized spacial score (nSPS) is 17.3. The molecule has 8 nitrogen and oxygen atoms in total. The van der Waals surface area contributed by atoms with Crippen molar-refractivity contribution >= 4 is 43.8 Å². The predicted octanol–water partition coefficient (Wildman–Crippen LogP) is 4.09. The van der Waals surface area contributed by atoms with Crippen LogP contribution in [0, 0.1) is 6.92 Å². The molecule has 4 aromatic rings. The van der Waals surface area contributed by atoms with Crippen LogP contribution < -0.4 is 10.1 Å². The minimum Gasteiger partial charge on any atom is -0.495 e. The third kappa shape index (κ3) is 4.00. The fraction of sp³-hybridized carbons (Fsp3) is 0.261. The average molecular weight is 483 g/mol. The summed E-state index contributed by atoms with van der Waals surface area (Å²) >= 11 is 1.52. The zero-order valence-electron chi connectivity index (χ0n) is 18.1. The molecule has 0 bridgehead atoms. The number of sulfone groups is 1. The molecule has 0 radical (unpaired) electrons. The third-order valence-electron chi connectivity index (χ3n) is 5.76. The zero-order chi connectivity index (χ0) is 23.2. The number of amides is 1. The van der Waals surface area contributed by atoms with E-state index in [9.17, 15) is 13.2 Å². The molecule has 1 aliphatic heterocycles. The Labute approximate surface area is 195 Å². The second-order valence-electron chi connectivity index (χ2n) is 7.97. The predicted molar refractivity (Wildman–Crippen MR) is 129 cm³/mol. The summed E-state index contributed by atoms with van der Waals surface area (Å²) in [4.78, 5) is 19.2. The van der Waals surface area contributed by atoms with Crippen LogP contribution in [0.15, 0.2) is 47.8 Å². The molecule has 1 N–H and O–H groups in total. The molecule has 1 saturated heterocycles. The SMILES string of the molecule is COc1ccccc1NC(=O)c1cc(-c2cccs2)nc2c1c(C)nn2C1CCS(=O)(=O)C1. The van der Waals surface area contributed by atoms with Gasteiger partial charge in [-0.05, 0) is 43.0 Å². The Kier molecular flexibility index (Phi) is 5.41. The molecule has 4 heterocycles. The number of fused-ring (bicyclic) bond motifs is 1. The summed E-state index contributed by atoms with van der Waals surface area (Å²) < 4.78 is 31.3. The number of carbonyl (C=O) groups is 1. The molecular weight excluding hydrogens is 460 g/mol. The van der Waals surface area contributed by atoms with Crippen LogP contribution in [0.5, 0.6) is 5.75 Å². The maximum Gasteiger partial charge on any atom is 0.256 e. The van der Waals surface area contributed by atoms with E-state index in [1.165, 1.54) is 11.3 Å². The molecule has 1 fully saturated rings. The van der Waals surface area contributed by atoms with Crippen molar-refractivity contribution in [2.24, 2.45) is 0 Å². The van der Waals surface area contributed by atoms with E-state index in [2.05, 4.69) is 10.4 Å². The van der Waals surface area contributed by atoms with Crippen LogP contribution in [0.3, 0.4) is 0 Å². The molecule has 0 aliphatic carbocycles. The Hall–Kier alpha value is -3.24. The molecule has 1 aliphatic rings. The molecule has 10 heteroatoms. The first-order valence-corrected chi connectivity index (χ1v) is 13.1. The number of pyridine rings is 1. The number of nitrogens with zero attached hydrogens (tertiary/aromatic N) is 3. The Morgan fingerprint density at radius 1 is 1.24 bits per heavy atom. The fourth-order valence-corrected chi connectivity index (χ4v) is 6.58. The van der Waals surface area contributed by atoms with Crippen LogP contribution in [-0.2, 0) is 9.84 Å². The lowest BCUT2D eigenvalue weighted by Crippen LogP contribution is -2.15. The van der Waals surface area contributed by atoms with Gasteiger partial charge in [0.05, 0.1) is 57.6 Å². The number of rotatable bonds is 5. The van der Waals surface area contributed by atoms with Crippen molar-refractivity contribution in [1.29, 1.82) is 0 Å². The average Bonchev–Trinajstić information content (AvgIpc) is 3.53. The van der Waals surface area contributed by atoms with Crippen LogP contribution in [0.25, 0.3) is 21.6 Å². The van der Waals surface area contributed by atoms with E-state index < -0.39 is 9.84 Å². The number of methoxy groups -OCH3 is 1.